The Morgan fingerprint density at radius 2 is 2.28 bits per heavy atom. The Kier molecular flexibility index (Phi) is 4.27. The van der Waals surface area contributed by atoms with Crippen molar-refractivity contribution in [3.05, 3.63) is 35.6 Å². The van der Waals surface area contributed by atoms with Crippen LogP contribution in [0.25, 0.3) is 0 Å². The third-order valence-corrected chi connectivity index (χ3v) is 4.03. The zero-order chi connectivity index (χ0) is 13.0. The molecule has 1 amide bonds. The van der Waals surface area contributed by atoms with Crippen LogP contribution >= 0.6 is 23.1 Å². The number of aromatic nitrogens is 2. The van der Waals surface area contributed by atoms with Crippen LogP contribution in [0.1, 0.15) is 6.92 Å². The molecule has 0 saturated carbocycles. The molecule has 0 unspecified atom stereocenters. The third-order valence-electron chi connectivity index (χ3n) is 2.12. The summed E-state index contributed by atoms with van der Waals surface area (Å²) in [5.74, 6) is -0.709. The number of nitrogens with one attached hydrogen (secondary N) is 1. The van der Waals surface area contributed by atoms with Crippen LogP contribution < -0.4 is 5.32 Å². The summed E-state index contributed by atoms with van der Waals surface area (Å²) in [5.41, 5.74) is 1.79. The highest BCUT2D eigenvalue weighted by atomic mass is 32.2. The summed E-state index contributed by atoms with van der Waals surface area (Å²) in [6.45, 7) is 1.74. The van der Waals surface area contributed by atoms with Crippen LogP contribution in [-0.2, 0) is 4.79 Å². The Bertz CT molecular complexity index is 533. The number of hydrogen-bond donors (Lipinski definition) is 1. The van der Waals surface area contributed by atoms with E-state index in [9.17, 15) is 9.18 Å². The standard InChI is InChI=1S/C11H10FN3OS2/c1-7(18-11-15-13-6-17-11)10(16)14-9-5-3-2-4-8(9)12/h2-7H,1H3,(H,14,16)/t7-/m0/s1. The fourth-order valence-corrected chi connectivity index (χ4v) is 2.84. The van der Waals surface area contributed by atoms with Crippen molar-refractivity contribution in [3.8, 4) is 0 Å². The fourth-order valence-electron chi connectivity index (χ4n) is 1.22. The lowest BCUT2D eigenvalue weighted by molar-refractivity contribution is -0.115. The Morgan fingerprint density at radius 1 is 1.50 bits per heavy atom. The summed E-state index contributed by atoms with van der Waals surface area (Å²) >= 11 is 2.66. The van der Waals surface area contributed by atoms with Gasteiger partial charge in [0.1, 0.15) is 11.3 Å². The number of benzene rings is 1. The molecule has 4 nitrogen and oxygen atoms in total. The van der Waals surface area contributed by atoms with Gasteiger partial charge in [-0.1, -0.05) is 35.2 Å². The number of hydrogen-bond acceptors (Lipinski definition) is 5. The quantitative estimate of drug-likeness (QED) is 0.877. The van der Waals surface area contributed by atoms with Crippen LogP contribution in [0.15, 0.2) is 34.1 Å². The number of carbonyl (C=O) groups excluding carboxylic acids is 1. The van der Waals surface area contributed by atoms with Gasteiger partial charge in [0.25, 0.3) is 0 Å². The first-order chi connectivity index (χ1) is 8.66. The molecule has 0 fully saturated rings. The number of rotatable bonds is 4. The van der Waals surface area contributed by atoms with Gasteiger partial charge in [0.2, 0.25) is 5.91 Å². The van der Waals surface area contributed by atoms with Crippen LogP contribution in [0, 0.1) is 5.82 Å². The van der Waals surface area contributed by atoms with Crippen molar-refractivity contribution in [3.63, 3.8) is 0 Å². The summed E-state index contributed by atoms with van der Waals surface area (Å²) in [6, 6.07) is 6.07. The first-order valence-electron chi connectivity index (χ1n) is 5.15. The topological polar surface area (TPSA) is 54.9 Å². The van der Waals surface area contributed by atoms with Gasteiger partial charge in [-0.05, 0) is 19.1 Å². The second-order valence-electron chi connectivity index (χ2n) is 3.43. The Morgan fingerprint density at radius 3 is 2.94 bits per heavy atom. The summed E-state index contributed by atoms with van der Waals surface area (Å²) in [4.78, 5) is 11.8. The van der Waals surface area contributed by atoms with Gasteiger partial charge in [0, 0.05) is 0 Å². The highest BCUT2D eigenvalue weighted by molar-refractivity contribution is 8.02. The minimum Gasteiger partial charge on any atom is -0.323 e. The van der Waals surface area contributed by atoms with Gasteiger partial charge in [-0.2, -0.15) is 0 Å². The molecule has 2 rings (SSSR count). The monoisotopic (exact) mass is 283 g/mol. The van der Waals surface area contributed by atoms with Crippen molar-refractivity contribution in [2.24, 2.45) is 0 Å². The smallest absolute Gasteiger partial charge is 0.237 e. The molecule has 0 radical (unpaired) electrons. The van der Waals surface area contributed by atoms with E-state index in [2.05, 4.69) is 15.5 Å². The maximum absolute atomic E-state index is 13.3. The molecule has 0 aliphatic heterocycles. The van der Waals surface area contributed by atoms with Gasteiger partial charge in [-0.3, -0.25) is 4.79 Å². The van der Waals surface area contributed by atoms with Crippen LogP contribution in [-0.4, -0.2) is 21.4 Å². The van der Waals surface area contributed by atoms with Crippen molar-refractivity contribution in [1.82, 2.24) is 10.2 Å². The van der Waals surface area contributed by atoms with Crippen LogP contribution in [0.2, 0.25) is 0 Å². The first-order valence-corrected chi connectivity index (χ1v) is 6.91. The SMILES string of the molecule is C[C@H](Sc1nncs1)C(=O)Nc1ccccc1F. The average Bonchev–Trinajstić information content (AvgIpc) is 2.84. The molecule has 1 atom stereocenters. The molecule has 0 aliphatic carbocycles. The van der Waals surface area contributed by atoms with E-state index in [0.717, 1.165) is 0 Å². The van der Waals surface area contributed by atoms with E-state index >= 15 is 0 Å². The van der Waals surface area contributed by atoms with E-state index in [0.29, 0.717) is 4.34 Å². The number of amides is 1. The van der Waals surface area contributed by atoms with Gasteiger partial charge in [0.15, 0.2) is 4.34 Å². The second-order valence-corrected chi connectivity index (χ2v) is 5.85. The van der Waals surface area contributed by atoms with E-state index in [4.69, 9.17) is 0 Å². The van der Waals surface area contributed by atoms with Crippen LogP contribution in [0.5, 0.6) is 0 Å². The van der Waals surface area contributed by atoms with E-state index in [1.54, 1.807) is 24.6 Å². The Hall–Kier alpha value is -1.47. The van der Waals surface area contributed by atoms with Gasteiger partial charge < -0.3 is 5.32 Å². The molecule has 1 aromatic carbocycles. The maximum Gasteiger partial charge on any atom is 0.237 e. The van der Waals surface area contributed by atoms with Gasteiger partial charge >= 0.3 is 0 Å². The minimum absolute atomic E-state index is 0.187. The average molecular weight is 283 g/mol. The second kappa shape index (κ2) is 5.92. The molecule has 0 spiro atoms. The highest BCUT2D eigenvalue weighted by Gasteiger charge is 2.17. The van der Waals surface area contributed by atoms with E-state index < -0.39 is 5.82 Å². The molecule has 1 heterocycles. The van der Waals surface area contributed by atoms with Gasteiger partial charge in [-0.25, -0.2) is 4.39 Å². The molecule has 2 aromatic rings. The zero-order valence-electron chi connectivity index (χ0n) is 9.46. The van der Waals surface area contributed by atoms with Crippen LogP contribution in [0.4, 0.5) is 10.1 Å². The molecule has 1 aromatic heterocycles. The zero-order valence-corrected chi connectivity index (χ0v) is 11.1. The lowest BCUT2D eigenvalue weighted by Crippen LogP contribution is -2.22. The van der Waals surface area contributed by atoms with Crippen molar-refractivity contribution in [2.75, 3.05) is 5.32 Å². The number of anilines is 1. The molecule has 0 aliphatic rings. The largest absolute Gasteiger partial charge is 0.323 e. The van der Waals surface area contributed by atoms with Crippen LogP contribution in [0.3, 0.4) is 0 Å². The molecule has 94 valence electrons. The van der Waals surface area contributed by atoms with Crippen molar-refractivity contribution in [2.45, 2.75) is 16.5 Å². The number of para-hydroxylation sites is 1. The van der Waals surface area contributed by atoms with E-state index in [1.165, 1.54) is 35.2 Å². The predicted octanol–water partition coefficient (Wildman–Crippen LogP) is 2.80. The lowest BCUT2D eigenvalue weighted by Gasteiger charge is -2.10. The summed E-state index contributed by atoms with van der Waals surface area (Å²) in [7, 11) is 0. The summed E-state index contributed by atoms with van der Waals surface area (Å²) < 4.78 is 14.1. The van der Waals surface area contributed by atoms with E-state index in [1.807, 2.05) is 0 Å². The molecule has 0 saturated heterocycles. The van der Waals surface area contributed by atoms with Crippen molar-refractivity contribution in [1.29, 1.82) is 0 Å². The Balaban J connectivity index is 1.98. The van der Waals surface area contributed by atoms with Gasteiger partial charge in [-0.15, -0.1) is 10.2 Å². The Labute approximate surface area is 112 Å². The normalized spacial score (nSPS) is 12.1. The molecular formula is C11H10FN3OS2. The fraction of sp³-hybridized carbons (Fsp3) is 0.182. The third kappa shape index (κ3) is 3.27. The van der Waals surface area contributed by atoms with E-state index in [-0.39, 0.29) is 16.8 Å². The highest BCUT2D eigenvalue weighted by Crippen LogP contribution is 2.25. The number of nitrogens with zero attached hydrogens (tertiary/aromatic N) is 2. The van der Waals surface area contributed by atoms with Gasteiger partial charge in [0.05, 0.1) is 10.9 Å². The maximum atomic E-state index is 13.3. The number of thioether (sulfide) groups is 1. The molecule has 7 heteroatoms. The predicted molar refractivity (Wildman–Crippen MR) is 70.3 cm³/mol. The van der Waals surface area contributed by atoms with Crippen molar-refractivity contribution < 1.29 is 9.18 Å². The molecule has 1 N–H and O–H groups in total. The molecule has 0 bridgehead atoms. The minimum atomic E-state index is -0.445. The molecule has 18 heavy (non-hydrogen) atoms. The number of halogens is 1. The first kappa shape index (κ1) is 13.0. The number of carbonyl (C=O) groups is 1. The summed E-state index contributed by atoms with van der Waals surface area (Å²) in [5, 5.41) is 9.71. The lowest BCUT2D eigenvalue weighted by atomic mass is 10.3. The summed E-state index contributed by atoms with van der Waals surface area (Å²) in [6.07, 6.45) is 0. The molecular weight excluding hydrogens is 273 g/mol. The van der Waals surface area contributed by atoms with Crippen molar-refractivity contribution >= 4 is 34.7 Å².